The van der Waals surface area contributed by atoms with Crippen LogP contribution in [0.5, 0.6) is 5.75 Å². The molecule has 0 aromatic heterocycles. The molecule has 0 bridgehead atoms. The Labute approximate surface area is 100 Å². The Morgan fingerprint density at radius 2 is 2.12 bits per heavy atom. The SMILES string of the molecule is COc1c(C)ccc2c1CC/C2=N/OC(C)=O. The molecule has 17 heavy (non-hydrogen) atoms. The highest BCUT2D eigenvalue weighted by Crippen LogP contribution is 2.33. The molecule has 0 radical (unpaired) electrons. The number of methoxy groups -OCH3 is 1. The normalized spacial score (nSPS) is 15.8. The van der Waals surface area contributed by atoms with Crippen LogP contribution in [0, 0.1) is 6.92 Å². The molecule has 1 aliphatic rings. The van der Waals surface area contributed by atoms with Crippen LogP contribution in [0.1, 0.15) is 30.0 Å². The summed E-state index contributed by atoms with van der Waals surface area (Å²) in [6.45, 7) is 3.36. The molecule has 4 nitrogen and oxygen atoms in total. The molecule has 0 fully saturated rings. The Balaban J connectivity index is 2.39. The standard InChI is InChI=1S/C13H15NO3/c1-8-4-5-10-11(13(8)16-3)6-7-12(10)14-17-9(2)15/h4-5H,6-7H2,1-3H3/b14-12-. The van der Waals surface area contributed by atoms with Gasteiger partial charge in [-0.25, -0.2) is 4.79 Å². The van der Waals surface area contributed by atoms with Gasteiger partial charge in [0.15, 0.2) is 0 Å². The van der Waals surface area contributed by atoms with E-state index in [0.717, 1.165) is 41.0 Å². The molecule has 0 unspecified atom stereocenters. The van der Waals surface area contributed by atoms with E-state index in [1.165, 1.54) is 6.92 Å². The zero-order valence-corrected chi connectivity index (χ0v) is 10.2. The lowest BCUT2D eigenvalue weighted by molar-refractivity contribution is -0.140. The number of hydrogen-bond donors (Lipinski definition) is 0. The summed E-state index contributed by atoms with van der Waals surface area (Å²) in [5, 5.41) is 3.88. The summed E-state index contributed by atoms with van der Waals surface area (Å²) in [4.78, 5) is 15.4. The zero-order chi connectivity index (χ0) is 12.4. The lowest BCUT2D eigenvalue weighted by Gasteiger charge is -2.09. The number of fused-ring (bicyclic) bond motifs is 1. The topological polar surface area (TPSA) is 47.9 Å². The molecule has 0 heterocycles. The van der Waals surface area contributed by atoms with Gasteiger partial charge in [-0.2, -0.15) is 0 Å². The van der Waals surface area contributed by atoms with Gasteiger partial charge in [-0.15, -0.1) is 0 Å². The van der Waals surface area contributed by atoms with Crippen molar-refractivity contribution in [3.63, 3.8) is 0 Å². The highest BCUT2D eigenvalue weighted by atomic mass is 16.7. The van der Waals surface area contributed by atoms with Crippen molar-refractivity contribution in [1.82, 2.24) is 0 Å². The highest BCUT2D eigenvalue weighted by Gasteiger charge is 2.23. The first-order valence-corrected chi connectivity index (χ1v) is 5.54. The van der Waals surface area contributed by atoms with Crippen LogP contribution in [-0.4, -0.2) is 18.8 Å². The first-order chi connectivity index (χ1) is 8.13. The minimum atomic E-state index is -0.398. The first-order valence-electron chi connectivity index (χ1n) is 5.54. The number of ether oxygens (including phenoxy) is 1. The minimum absolute atomic E-state index is 0.398. The Morgan fingerprint density at radius 1 is 1.35 bits per heavy atom. The van der Waals surface area contributed by atoms with Gasteiger partial charge in [0.1, 0.15) is 5.75 Å². The number of rotatable bonds is 2. The summed E-state index contributed by atoms with van der Waals surface area (Å²) in [5.41, 5.74) is 4.10. The van der Waals surface area contributed by atoms with Crippen LogP contribution in [0.15, 0.2) is 17.3 Å². The summed E-state index contributed by atoms with van der Waals surface area (Å²) in [6.07, 6.45) is 1.66. The second kappa shape index (κ2) is 4.57. The van der Waals surface area contributed by atoms with Crippen molar-refractivity contribution in [3.05, 3.63) is 28.8 Å². The number of aryl methyl sites for hydroxylation is 1. The van der Waals surface area contributed by atoms with Crippen molar-refractivity contribution in [2.45, 2.75) is 26.7 Å². The molecule has 0 atom stereocenters. The van der Waals surface area contributed by atoms with Crippen LogP contribution in [0.25, 0.3) is 0 Å². The lowest BCUT2D eigenvalue weighted by atomic mass is 10.1. The van der Waals surface area contributed by atoms with Gasteiger partial charge in [0, 0.05) is 18.1 Å². The Kier molecular flexibility index (Phi) is 3.13. The molecule has 0 aliphatic heterocycles. The zero-order valence-electron chi connectivity index (χ0n) is 10.2. The molecule has 0 saturated heterocycles. The van der Waals surface area contributed by atoms with Crippen molar-refractivity contribution < 1.29 is 14.4 Å². The van der Waals surface area contributed by atoms with E-state index in [1.54, 1.807) is 7.11 Å². The van der Waals surface area contributed by atoms with Crippen molar-refractivity contribution >= 4 is 11.7 Å². The van der Waals surface area contributed by atoms with Crippen LogP contribution in [0.4, 0.5) is 0 Å². The molecule has 0 amide bonds. The van der Waals surface area contributed by atoms with E-state index in [0.29, 0.717) is 0 Å². The van der Waals surface area contributed by atoms with Crippen LogP contribution in [-0.2, 0) is 16.1 Å². The molecule has 90 valence electrons. The quantitative estimate of drug-likeness (QED) is 0.581. The molecule has 1 aliphatic carbocycles. The number of carbonyl (C=O) groups is 1. The summed E-state index contributed by atoms with van der Waals surface area (Å²) in [5.74, 6) is 0.514. The van der Waals surface area contributed by atoms with Gasteiger partial charge in [0.25, 0.3) is 0 Å². The molecule has 0 saturated carbocycles. The van der Waals surface area contributed by atoms with E-state index in [4.69, 9.17) is 9.57 Å². The van der Waals surface area contributed by atoms with Crippen molar-refractivity contribution in [1.29, 1.82) is 0 Å². The van der Waals surface area contributed by atoms with E-state index >= 15 is 0 Å². The van der Waals surface area contributed by atoms with E-state index in [1.807, 2.05) is 19.1 Å². The van der Waals surface area contributed by atoms with Crippen LogP contribution >= 0.6 is 0 Å². The van der Waals surface area contributed by atoms with Gasteiger partial charge in [0.05, 0.1) is 12.8 Å². The summed E-state index contributed by atoms with van der Waals surface area (Å²) in [6, 6.07) is 3.99. The van der Waals surface area contributed by atoms with E-state index in [2.05, 4.69) is 5.16 Å². The Morgan fingerprint density at radius 3 is 2.76 bits per heavy atom. The molecular formula is C13H15NO3. The number of hydrogen-bond acceptors (Lipinski definition) is 4. The predicted octanol–water partition coefficient (Wildman–Crippen LogP) is 2.22. The second-order valence-corrected chi connectivity index (χ2v) is 4.06. The first kappa shape index (κ1) is 11.6. The Hall–Kier alpha value is -1.84. The van der Waals surface area contributed by atoms with Crippen molar-refractivity contribution in [3.8, 4) is 5.75 Å². The van der Waals surface area contributed by atoms with E-state index in [9.17, 15) is 4.79 Å². The van der Waals surface area contributed by atoms with Gasteiger partial charge in [-0.3, -0.25) is 0 Å². The molecule has 4 heteroatoms. The maximum absolute atomic E-state index is 10.7. The third-order valence-corrected chi connectivity index (χ3v) is 2.87. The summed E-state index contributed by atoms with van der Waals surface area (Å²) in [7, 11) is 1.67. The average Bonchev–Trinajstić information content (AvgIpc) is 2.69. The van der Waals surface area contributed by atoms with Crippen LogP contribution < -0.4 is 4.74 Å². The van der Waals surface area contributed by atoms with Gasteiger partial charge >= 0.3 is 5.97 Å². The molecule has 0 N–H and O–H groups in total. The average molecular weight is 233 g/mol. The fourth-order valence-electron chi connectivity index (χ4n) is 2.14. The van der Waals surface area contributed by atoms with Gasteiger partial charge in [0.2, 0.25) is 0 Å². The van der Waals surface area contributed by atoms with Gasteiger partial charge in [-0.05, 0) is 25.3 Å². The molecule has 2 rings (SSSR count). The smallest absolute Gasteiger partial charge is 0.331 e. The Bertz CT molecular complexity index is 492. The number of benzene rings is 1. The third-order valence-electron chi connectivity index (χ3n) is 2.87. The van der Waals surface area contributed by atoms with Crippen molar-refractivity contribution in [2.24, 2.45) is 5.16 Å². The van der Waals surface area contributed by atoms with E-state index < -0.39 is 5.97 Å². The molecule has 1 aromatic carbocycles. The monoisotopic (exact) mass is 233 g/mol. The predicted molar refractivity (Wildman–Crippen MR) is 64.4 cm³/mol. The largest absolute Gasteiger partial charge is 0.496 e. The lowest BCUT2D eigenvalue weighted by Crippen LogP contribution is -2.00. The molecular weight excluding hydrogens is 218 g/mol. The molecule has 0 spiro atoms. The number of oxime groups is 1. The van der Waals surface area contributed by atoms with Crippen LogP contribution in [0.3, 0.4) is 0 Å². The van der Waals surface area contributed by atoms with Crippen molar-refractivity contribution in [2.75, 3.05) is 7.11 Å². The minimum Gasteiger partial charge on any atom is -0.496 e. The van der Waals surface area contributed by atoms with Gasteiger partial charge < -0.3 is 9.57 Å². The molecule has 1 aromatic rings. The maximum atomic E-state index is 10.7. The van der Waals surface area contributed by atoms with Crippen LogP contribution in [0.2, 0.25) is 0 Å². The summed E-state index contributed by atoms with van der Waals surface area (Å²) < 4.78 is 5.40. The summed E-state index contributed by atoms with van der Waals surface area (Å²) >= 11 is 0. The third kappa shape index (κ3) is 2.16. The van der Waals surface area contributed by atoms with E-state index in [-0.39, 0.29) is 0 Å². The van der Waals surface area contributed by atoms with Gasteiger partial charge in [-0.1, -0.05) is 17.3 Å². The second-order valence-electron chi connectivity index (χ2n) is 4.06. The number of carbonyl (C=O) groups excluding carboxylic acids is 1. The fraction of sp³-hybridized carbons (Fsp3) is 0.385. The number of nitrogens with zero attached hydrogens (tertiary/aromatic N) is 1. The highest BCUT2D eigenvalue weighted by molar-refractivity contribution is 6.05. The maximum Gasteiger partial charge on any atom is 0.331 e. The fourth-order valence-corrected chi connectivity index (χ4v) is 2.14.